The molecule has 0 aromatic heterocycles. The van der Waals surface area contributed by atoms with E-state index >= 15 is 0 Å². The Hall–Kier alpha value is -1.06. The van der Waals surface area contributed by atoms with Gasteiger partial charge in [-0.2, -0.15) is 0 Å². The van der Waals surface area contributed by atoms with Crippen LogP contribution in [-0.4, -0.2) is 24.5 Å². The Bertz CT molecular complexity index is 213. The van der Waals surface area contributed by atoms with Gasteiger partial charge in [-0.3, -0.25) is 9.59 Å². The van der Waals surface area contributed by atoms with Crippen molar-refractivity contribution >= 4 is 11.9 Å². The first-order valence-corrected chi connectivity index (χ1v) is 4.59. The van der Waals surface area contributed by atoms with Crippen LogP contribution in [0.3, 0.4) is 0 Å². The minimum absolute atomic E-state index is 0.166. The molecule has 0 aliphatic carbocycles. The van der Waals surface area contributed by atoms with Crippen molar-refractivity contribution in [1.82, 2.24) is 5.32 Å². The Kier molecular flexibility index (Phi) is 3.28. The summed E-state index contributed by atoms with van der Waals surface area (Å²) < 4.78 is 5.01. The highest BCUT2D eigenvalue weighted by molar-refractivity contribution is 5.84. The third kappa shape index (κ3) is 2.72. The van der Waals surface area contributed by atoms with Gasteiger partial charge >= 0.3 is 5.97 Å². The first-order chi connectivity index (χ1) is 6.11. The molecule has 1 saturated heterocycles. The van der Waals surface area contributed by atoms with Gasteiger partial charge in [-0.1, -0.05) is 13.8 Å². The summed E-state index contributed by atoms with van der Waals surface area (Å²) in [6.45, 7) is 4.20. The molecular formula is C9H15NO3. The number of carbonyl (C=O) groups excluding carboxylic acids is 2. The van der Waals surface area contributed by atoms with Crippen LogP contribution < -0.4 is 5.32 Å². The number of rotatable bonds is 2. The Morgan fingerprint density at radius 3 is 2.85 bits per heavy atom. The third-order valence-corrected chi connectivity index (χ3v) is 1.96. The van der Waals surface area contributed by atoms with E-state index in [4.69, 9.17) is 4.74 Å². The monoisotopic (exact) mass is 185 g/mol. The predicted octanol–water partition coefficient (Wildman–Crippen LogP) is 0.464. The molecule has 4 nitrogen and oxygen atoms in total. The molecule has 1 atom stereocenters. The Labute approximate surface area is 77.6 Å². The summed E-state index contributed by atoms with van der Waals surface area (Å²) in [5, 5.41) is 2.66. The summed E-state index contributed by atoms with van der Waals surface area (Å²) in [6, 6.07) is 0. The van der Waals surface area contributed by atoms with Crippen LogP contribution >= 0.6 is 0 Å². The summed E-state index contributed by atoms with van der Waals surface area (Å²) in [7, 11) is 0. The molecule has 0 bridgehead atoms. The van der Waals surface area contributed by atoms with Gasteiger partial charge < -0.3 is 10.1 Å². The molecule has 0 radical (unpaired) electrons. The van der Waals surface area contributed by atoms with Crippen LogP contribution in [0.2, 0.25) is 0 Å². The van der Waals surface area contributed by atoms with Gasteiger partial charge in [-0.15, -0.1) is 0 Å². The number of carbonyl (C=O) groups is 2. The van der Waals surface area contributed by atoms with Crippen LogP contribution in [0.25, 0.3) is 0 Å². The van der Waals surface area contributed by atoms with Crippen molar-refractivity contribution in [2.75, 3.05) is 6.54 Å². The van der Waals surface area contributed by atoms with E-state index in [1.54, 1.807) is 13.8 Å². The molecule has 0 aromatic carbocycles. The molecule has 1 rings (SSSR count). The van der Waals surface area contributed by atoms with Crippen molar-refractivity contribution in [2.45, 2.75) is 32.8 Å². The van der Waals surface area contributed by atoms with Crippen molar-refractivity contribution in [3.8, 4) is 0 Å². The fourth-order valence-electron chi connectivity index (χ4n) is 1.13. The van der Waals surface area contributed by atoms with Crippen LogP contribution in [0.5, 0.6) is 0 Å². The zero-order chi connectivity index (χ0) is 9.84. The van der Waals surface area contributed by atoms with Gasteiger partial charge in [0.05, 0.1) is 5.92 Å². The number of piperidine rings is 1. The van der Waals surface area contributed by atoms with Gasteiger partial charge in [0.1, 0.15) is 0 Å². The summed E-state index contributed by atoms with van der Waals surface area (Å²) in [5.41, 5.74) is 0. The van der Waals surface area contributed by atoms with E-state index in [1.807, 2.05) is 0 Å². The average Bonchev–Trinajstić information content (AvgIpc) is 2.08. The lowest BCUT2D eigenvalue weighted by Crippen LogP contribution is -2.43. The van der Waals surface area contributed by atoms with Gasteiger partial charge in [-0.05, 0) is 12.8 Å². The number of nitrogens with one attached hydrogen (secondary N) is 1. The van der Waals surface area contributed by atoms with Crippen molar-refractivity contribution < 1.29 is 14.3 Å². The van der Waals surface area contributed by atoms with E-state index in [0.29, 0.717) is 13.0 Å². The predicted molar refractivity (Wildman–Crippen MR) is 47.0 cm³/mol. The Morgan fingerprint density at radius 1 is 1.62 bits per heavy atom. The fraction of sp³-hybridized carbons (Fsp3) is 0.778. The molecule has 1 aliphatic heterocycles. The second kappa shape index (κ2) is 4.25. The molecule has 0 spiro atoms. The zero-order valence-electron chi connectivity index (χ0n) is 8.00. The van der Waals surface area contributed by atoms with E-state index in [0.717, 1.165) is 6.42 Å². The molecule has 1 aliphatic rings. The topological polar surface area (TPSA) is 55.4 Å². The molecular weight excluding hydrogens is 170 g/mol. The van der Waals surface area contributed by atoms with Crippen LogP contribution in [0.15, 0.2) is 0 Å². The highest BCUT2D eigenvalue weighted by Gasteiger charge is 2.26. The number of hydrogen-bond acceptors (Lipinski definition) is 3. The lowest BCUT2D eigenvalue weighted by atomic mass is 10.1. The lowest BCUT2D eigenvalue weighted by molar-refractivity contribution is -0.160. The van der Waals surface area contributed by atoms with Crippen molar-refractivity contribution in [3.63, 3.8) is 0 Å². The minimum Gasteiger partial charge on any atom is -0.452 e. The van der Waals surface area contributed by atoms with E-state index in [1.165, 1.54) is 0 Å². The minimum atomic E-state index is -0.566. The first-order valence-electron chi connectivity index (χ1n) is 4.59. The zero-order valence-corrected chi connectivity index (χ0v) is 8.00. The maximum Gasteiger partial charge on any atom is 0.309 e. The summed E-state index contributed by atoms with van der Waals surface area (Å²) >= 11 is 0. The lowest BCUT2D eigenvalue weighted by Gasteiger charge is -2.22. The van der Waals surface area contributed by atoms with E-state index in [-0.39, 0.29) is 17.8 Å². The number of amides is 1. The third-order valence-electron chi connectivity index (χ3n) is 1.96. The number of hydrogen-bond donors (Lipinski definition) is 1. The highest BCUT2D eigenvalue weighted by atomic mass is 16.5. The molecule has 0 saturated carbocycles. The SMILES string of the molecule is CC(C)C(=O)OC1CCCNC1=O. The van der Waals surface area contributed by atoms with Gasteiger partial charge in [0.2, 0.25) is 0 Å². The summed E-state index contributed by atoms with van der Waals surface area (Å²) in [4.78, 5) is 22.3. The molecule has 1 unspecified atom stereocenters. The molecule has 4 heteroatoms. The molecule has 74 valence electrons. The van der Waals surface area contributed by atoms with Crippen molar-refractivity contribution in [3.05, 3.63) is 0 Å². The van der Waals surface area contributed by atoms with Crippen LogP contribution in [0, 0.1) is 5.92 Å². The Balaban J connectivity index is 2.43. The standard InChI is InChI=1S/C9H15NO3/c1-6(2)9(12)13-7-4-3-5-10-8(7)11/h6-7H,3-5H2,1-2H3,(H,10,11). The second-order valence-electron chi connectivity index (χ2n) is 3.51. The van der Waals surface area contributed by atoms with Gasteiger partial charge in [0, 0.05) is 6.54 Å². The maximum absolute atomic E-state index is 11.2. The first kappa shape index (κ1) is 10.0. The number of esters is 1. The smallest absolute Gasteiger partial charge is 0.309 e. The normalized spacial score (nSPS) is 22.7. The van der Waals surface area contributed by atoms with Crippen molar-refractivity contribution in [1.29, 1.82) is 0 Å². The molecule has 1 N–H and O–H groups in total. The van der Waals surface area contributed by atoms with Gasteiger partial charge in [0.25, 0.3) is 5.91 Å². The van der Waals surface area contributed by atoms with Crippen LogP contribution in [-0.2, 0) is 14.3 Å². The summed E-state index contributed by atoms with van der Waals surface area (Å²) in [6.07, 6.45) is 0.954. The molecule has 1 heterocycles. The quantitative estimate of drug-likeness (QED) is 0.636. The van der Waals surface area contributed by atoms with Crippen LogP contribution in [0.4, 0.5) is 0 Å². The maximum atomic E-state index is 11.2. The van der Waals surface area contributed by atoms with E-state index in [9.17, 15) is 9.59 Å². The molecule has 1 amide bonds. The largest absolute Gasteiger partial charge is 0.452 e. The van der Waals surface area contributed by atoms with E-state index in [2.05, 4.69) is 5.32 Å². The molecule has 0 aromatic rings. The molecule has 1 fully saturated rings. The number of ether oxygens (including phenoxy) is 1. The summed E-state index contributed by atoms with van der Waals surface area (Å²) in [5.74, 6) is -0.642. The van der Waals surface area contributed by atoms with Gasteiger partial charge in [0.15, 0.2) is 6.10 Å². The Morgan fingerprint density at radius 2 is 2.31 bits per heavy atom. The van der Waals surface area contributed by atoms with Gasteiger partial charge in [-0.25, -0.2) is 0 Å². The average molecular weight is 185 g/mol. The fourth-order valence-corrected chi connectivity index (χ4v) is 1.13. The second-order valence-corrected chi connectivity index (χ2v) is 3.51. The van der Waals surface area contributed by atoms with E-state index < -0.39 is 6.10 Å². The van der Waals surface area contributed by atoms with Crippen molar-refractivity contribution in [2.24, 2.45) is 5.92 Å². The van der Waals surface area contributed by atoms with Crippen LogP contribution in [0.1, 0.15) is 26.7 Å². The molecule has 13 heavy (non-hydrogen) atoms. The highest BCUT2D eigenvalue weighted by Crippen LogP contribution is 2.09.